The molecule has 206 valence electrons. The Labute approximate surface area is 237 Å². The number of sulfone groups is 1. The second kappa shape index (κ2) is 9.50. The van der Waals surface area contributed by atoms with E-state index in [2.05, 4.69) is 43.2 Å². The second-order valence-corrected chi connectivity index (χ2v) is 12.8. The molecule has 3 saturated heterocycles. The highest BCUT2D eigenvalue weighted by molar-refractivity contribution is 7.90. The Hall–Kier alpha value is -4.60. The van der Waals surface area contributed by atoms with Crippen LogP contribution in [-0.4, -0.2) is 74.1 Å². The summed E-state index contributed by atoms with van der Waals surface area (Å²) in [6.07, 6.45) is 12.9. The van der Waals surface area contributed by atoms with E-state index in [0.717, 1.165) is 58.8 Å². The standard InChI is InChI=1S/C29H27N9O2S/c1-35-14-22(12-33-35)20-7-27(29-21(9-30)11-34-38(29)15-20)19-3-6-28(32-10-19)36-17-24-8-25(18-36)37(24)16-23-4-5-26(13-31-23)41(2,39)40/h3-7,10-15,24-25H,8,16-18H2,1-2H3. The molecule has 8 heterocycles. The van der Waals surface area contributed by atoms with Gasteiger partial charge in [-0.1, -0.05) is 0 Å². The predicted molar refractivity (Wildman–Crippen MR) is 153 cm³/mol. The summed E-state index contributed by atoms with van der Waals surface area (Å²) in [5.41, 5.74) is 5.86. The van der Waals surface area contributed by atoms with Gasteiger partial charge in [0.1, 0.15) is 11.9 Å². The quantitative estimate of drug-likeness (QED) is 0.305. The number of fused-ring (bicyclic) bond motifs is 3. The molecule has 5 aromatic heterocycles. The van der Waals surface area contributed by atoms with Gasteiger partial charge in [0.15, 0.2) is 9.84 Å². The van der Waals surface area contributed by atoms with E-state index in [1.165, 1.54) is 12.5 Å². The van der Waals surface area contributed by atoms with Gasteiger partial charge < -0.3 is 4.90 Å². The van der Waals surface area contributed by atoms with Crippen LogP contribution in [0.1, 0.15) is 17.7 Å². The van der Waals surface area contributed by atoms with Gasteiger partial charge >= 0.3 is 0 Å². The summed E-state index contributed by atoms with van der Waals surface area (Å²) in [4.78, 5) is 14.2. The Bertz CT molecular complexity index is 1910. The van der Waals surface area contributed by atoms with E-state index in [1.54, 1.807) is 27.5 Å². The van der Waals surface area contributed by atoms with Gasteiger partial charge in [-0.15, -0.1) is 0 Å². The van der Waals surface area contributed by atoms with Gasteiger partial charge in [-0.05, 0) is 36.8 Å². The zero-order valence-corrected chi connectivity index (χ0v) is 23.4. The van der Waals surface area contributed by atoms with Crippen LogP contribution >= 0.6 is 0 Å². The van der Waals surface area contributed by atoms with Crippen LogP contribution in [0.3, 0.4) is 0 Å². The Kier molecular flexibility index (Phi) is 5.88. The van der Waals surface area contributed by atoms with Crippen molar-refractivity contribution in [2.24, 2.45) is 7.05 Å². The van der Waals surface area contributed by atoms with Gasteiger partial charge in [-0.2, -0.15) is 15.5 Å². The molecular weight excluding hydrogens is 538 g/mol. The first kappa shape index (κ1) is 25.4. The summed E-state index contributed by atoms with van der Waals surface area (Å²) in [5, 5.41) is 18.4. The lowest BCUT2D eigenvalue weighted by Gasteiger charge is -2.56. The zero-order valence-electron chi connectivity index (χ0n) is 22.6. The largest absolute Gasteiger partial charge is 0.353 e. The van der Waals surface area contributed by atoms with Crippen molar-refractivity contribution in [3.05, 3.63) is 78.8 Å². The molecule has 8 rings (SSSR count). The average Bonchev–Trinajstić information content (AvgIpc) is 3.61. The van der Waals surface area contributed by atoms with Crippen molar-refractivity contribution in [1.82, 2.24) is 34.3 Å². The third-order valence-electron chi connectivity index (χ3n) is 8.07. The maximum absolute atomic E-state index is 11.7. The molecule has 0 aromatic carbocycles. The predicted octanol–water partition coefficient (Wildman–Crippen LogP) is 2.93. The lowest BCUT2D eigenvalue weighted by Crippen LogP contribution is -2.68. The number of nitriles is 1. The molecule has 0 N–H and O–H groups in total. The summed E-state index contributed by atoms with van der Waals surface area (Å²) < 4.78 is 27.0. The fourth-order valence-electron chi connectivity index (χ4n) is 5.93. The summed E-state index contributed by atoms with van der Waals surface area (Å²) in [5.74, 6) is 0.923. The number of nitrogens with zero attached hydrogens (tertiary/aromatic N) is 9. The van der Waals surface area contributed by atoms with E-state index < -0.39 is 9.84 Å². The lowest BCUT2D eigenvalue weighted by molar-refractivity contribution is -0.00969. The van der Waals surface area contributed by atoms with Crippen LogP contribution in [-0.2, 0) is 23.4 Å². The SMILES string of the molecule is Cn1cc(-c2cc(-c3ccc(N4CC5CC(C4)N5Cc4ccc(S(C)(=O)=O)cn4)nc3)c3c(C#N)cnn3c2)cn1. The van der Waals surface area contributed by atoms with Gasteiger partial charge in [0.25, 0.3) is 0 Å². The van der Waals surface area contributed by atoms with Crippen molar-refractivity contribution in [3.63, 3.8) is 0 Å². The van der Waals surface area contributed by atoms with Crippen LogP contribution in [0.15, 0.2) is 72.4 Å². The fraction of sp³-hybridized carbons (Fsp3) is 0.276. The van der Waals surface area contributed by atoms with E-state index in [0.29, 0.717) is 24.2 Å². The van der Waals surface area contributed by atoms with Gasteiger partial charge in [-0.25, -0.2) is 17.9 Å². The summed E-state index contributed by atoms with van der Waals surface area (Å²) in [6.45, 7) is 2.44. The Morgan fingerprint density at radius 1 is 0.951 bits per heavy atom. The van der Waals surface area contributed by atoms with Crippen LogP contribution < -0.4 is 4.90 Å². The molecule has 0 amide bonds. The number of piperazine rings is 1. The van der Waals surface area contributed by atoms with Crippen molar-refractivity contribution in [3.8, 4) is 28.3 Å². The highest BCUT2D eigenvalue weighted by Crippen LogP contribution is 2.36. The first-order valence-corrected chi connectivity index (χ1v) is 15.2. The lowest BCUT2D eigenvalue weighted by atomic mass is 9.87. The molecule has 3 aliphatic rings. The Balaban J connectivity index is 1.10. The first-order chi connectivity index (χ1) is 19.8. The average molecular weight is 566 g/mol. The van der Waals surface area contributed by atoms with Crippen LogP contribution in [0.4, 0.5) is 5.82 Å². The third-order valence-corrected chi connectivity index (χ3v) is 9.17. The molecular formula is C29H27N9O2S. The van der Waals surface area contributed by atoms with Crippen LogP contribution in [0.5, 0.6) is 0 Å². The smallest absolute Gasteiger partial charge is 0.177 e. The van der Waals surface area contributed by atoms with E-state index in [1.807, 2.05) is 37.9 Å². The van der Waals surface area contributed by atoms with Crippen LogP contribution in [0, 0.1) is 11.3 Å². The van der Waals surface area contributed by atoms with E-state index >= 15 is 0 Å². The molecule has 11 nitrogen and oxygen atoms in total. The molecule has 2 unspecified atom stereocenters. The van der Waals surface area contributed by atoms with E-state index in [-0.39, 0.29) is 4.90 Å². The monoisotopic (exact) mass is 565 g/mol. The molecule has 12 heteroatoms. The number of aromatic nitrogens is 6. The molecule has 0 aliphatic carbocycles. The minimum Gasteiger partial charge on any atom is -0.353 e. The molecule has 5 aromatic rings. The summed E-state index contributed by atoms with van der Waals surface area (Å²) in [7, 11) is -1.37. The summed E-state index contributed by atoms with van der Waals surface area (Å²) >= 11 is 0. The summed E-state index contributed by atoms with van der Waals surface area (Å²) in [6, 6.07) is 12.7. The second-order valence-electron chi connectivity index (χ2n) is 10.8. The van der Waals surface area contributed by atoms with Crippen molar-refractivity contribution in [1.29, 1.82) is 5.26 Å². The number of hydrogen-bond acceptors (Lipinski definition) is 9. The maximum atomic E-state index is 11.7. The topological polar surface area (TPSA) is 125 Å². The molecule has 2 atom stereocenters. The van der Waals surface area contributed by atoms with Gasteiger partial charge in [0.2, 0.25) is 0 Å². The highest BCUT2D eigenvalue weighted by atomic mass is 32.2. The number of piperidine rings is 1. The number of pyridine rings is 3. The molecule has 3 fully saturated rings. The van der Waals surface area contributed by atoms with Gasteiger partial charge in [0, 0.05) is 92.1 Å². The molecule has 0 saturated carbocycles. The highest BCUT2D eigenvalue weighted by Gasteiger charge is 2.44. The number of aryl methyl sites for hydroxylation is 1. The molecule has 3 aliphatic heterocycles. The Morgan fingerprint density at radius 3 is 2.41 bits per heavy atom. The molecule has 2 bridgehead atoms. The van der Waals surface area contributed by atoms with E-state index in [9.17, 15) is 13.7 Å². The van der Waals surface area contributed by atoms with Crippen LogP contribution in [0.2, 0.25) is 0 Å². The van der Waals surface area contributed by atoms with Crippen molar-refractivity contribution >= 4 is 21.2 Å². The van der Waals surface area contributed by atoms with Crippen molar-refractivity contribution in [2.75, 3.05) is 24.2 Å². The normalized spacial score (nSPS) is 18.8. The first-order valence-electron chi connectivity index (χ1n) is 13.3. The van der Waals surface area contributed by atoms with Gasteiger partial charge in [-0.3, -0.25) is 14.6 Å². The minimum absolute atomic E-state index is 0.243. The number of anilines is 1. The fourth-order valence-corrected chi connectivity index (χ4v) is 6.49. The Morgan fingerprint density at radius 2 is 1.78 bits per heavy atom. The molecule has 0 spiro atoms. The van der Waals surface area contributed by atoms with E-state index in [4.69, 9.17) is 4.98 Å². The van der Waals surface area contributed by atoms with Gasteiger partial charge in [0.05, 0.1) is 34.1 Å². The number of rotatable bonds is 6. The van der Waals surface area contributed by atoms with Crippen LogP contribution in [0.25, 0.3) is 27.8 Å². The number of hydrogen-bond donors (Lipinski definition) is 0. The third kappa shape index (κ3) is 4.53. The molecule has 0 radical (unpaired) electrons. The maximum Gasteiger partial charge on any atom is 0.177 e. The van der Waals surface area contributed by atoms with Crippen molar-refractivity contribution < 1.29 is 8.42 Å². The minimum atomic E-state index is -3.25. The zero-order chi connectivity index (χ0) is 28.3. The van der Waals surface area contributed by atoms with Crippen molar-refractivity contribution in [2.45, 2.75) is 29.9 Å². The molecule has 41 heavy (non-hydrogen) atoms.